The molecular formula is C16H18N2O4S2. The molecule has 0 saturated carbocycles. The molecule has 2 N–H and O–H groups in total. The summed E-state index contributed by atoms with van der Waals surface area (Å²) in [4.78, 5) is 27.8. The minimum absolute atomic E-state index is 0.0545. The molecule has 0 unspecified atom stereocenters. The Morgan fingerprint density at radius 1 is 1.42 bits per heavy atom. The van der Waals surface area contributed by atoms with Crippen molar-refractivity contribution in [3.8, 4) is 0 Å². The summed E-state index contributed by atoms with van der Waals surface area (Å²) in [6.07, 6.45) is 0. The number of hydrogen-bond donors (Lipinski definition) is 2. The monoisotopic (exact) mass is 366 g/mol. The smallest absolute Gasteiger partial charge is 0.313 e. The lowest BCUT2D eigenvalue weighted by Gasteiger charge is -2.06. The molecule has 1 aromatic heterocycles. The Bertz CT molecular complexity index is 731. The number of thiazole rings is 1. The second-order valence-corrected chi connectivity index (χ2v) is 7.07. The van der Waals surface area contributed by atoms with Crippen LogP contribution in [0.5, 0.6) is 0 Å². The molecule has 0 fully saturated rings. The molecule has 0 aliphatic carbocycles. The highest BCUT2D eigenvalue weighted by molar-refractivity contribution is 7.99. The number of ether oxygens (including phenoxy) is 1. The Hall–Kier alpha value is -1.90. The van der Waals surface area contributed by atoms with Gasteiger partial charge in [0.15, 0.2) is 0 Å². The maximum atomic E-state index is 12.4. The average molecular weight is 366 g/mol. The maximum absolute atomic E-state index is 12.4. The third kappa shape index (κ3) is 5.33. The standard InChI is InChI=1S/C16H18N2O4S2/c1-10-15(24-13(17-10)7-22-2)16(21)18-12-5-3-4-11(6-12)8-23-9-14(19)20/h3-6H,7-9H2,1-2H3,(H,18,21)(H,19,20). The molecule has 0 bridgehead atoms. The Morgan fingerprint density at radius 3 is 2.92 bits per heavy atom. The summed E-state index contributed by atoms with van der Waals surface area (Å²) < 4.78 is 5.04. The zero-order valence-corrected chi connectivity index (χ0v) is 15.0. The summed E-state index contributed by atoms with van der Waals surface area (Å²) in [5.41, 5.74) is 2.31. The summed E-state index contributed by atoms with van der Waals surface area (Å²) in [5.74, 6) is -0.411. The van der Waals surface area contributed by atoms with Gasteiger partial charge in [-0.3, -0.25) is 9.59 Å². The van der Waals surface area contributed by atoms with Crippen LogP contribution in [0.25, 0.3) is 0 Å². The number of aliphatic carboxylic acids is 1. The molecule has 1 aromatic carbocycles. The fourth-order valence-corrected chi connectivity index (χ4v) is 3.66. The largest absolute Gasteiger partial charge is 0.481 e. The van der Waals surface area contributed by atoms with Gasteiger partial charge in [0.1, 0.15) is 9.88 Å². The van der Waals surface area contributed by atoms with Crippen LogP contribution < -0.4 is 5.32 Å². The van der Waals surface area contributed by atoms with E-state index in [1.54, 1.807) is 20.1 Å². The molecule has 24 heavy (non-hydrogen) atoms. The zero-order chi connectivity index (χ0) is 17.5. The van der Waals surface area contributed by atoms with Crippen LogP contribution >= 0.6 is 23.1 Å². The number of amides is 1. The van der Waals surface area contributed by atoms with E-state index in [1.807, 2.05) is 18.2 Å². The summed E-state index contributed by atoms with van der Waals surface area (Å²) in [6, 6.07) is 7.39. The second kappa shape index (κ2) is 8.81. The molecular weight excluding hydrogens is 348 g/mol. The number of carboxylic acids is 1. The van der Waals surface area contributed by atoms with Crippen molar-refractivity contribution < 1.29 is 19.4 Å². The molecule has 0 radical (unpaired) electrons. The minimum atomic E-state index is -0.836. The number of carboxylic acid groups (broad SMARTS) is 1. The molecule has 8 heteroatoms. The molecule has 2 aromatic rings. The van der Waals surface area contributed by atoms with Crippen molar-refractivity contribution in [3.63, 3.8) is 0 Å². The highest BCUT2D eigenvalue weighted by Gasteiger charge is 2.15. The van der Waals surface area contributed by atoms with Gasteiger partial charge in [-0.1, -0.05) is 12.1 Å². The van der Waals surface area contributed by atoms with Gasteiger partial charge in [-0.25, -0.2) is 4.98 Å². The van der Waals surface area contributed by atoms with E-state index in [9.17, 15) is 9.59 Å². The van der Waals surface area contributed by atoms with Gasteiger partial charge in [0.25, 0.3) is 5.91 Å². The summed E-state index contributed by atoms with van der Waals surface area (Å²) in [6.45, 7) is 2.18. The van der Waals surface area contributed by atoms with Gasteiger partial charge in [-0.2, -0.15) is 0 Å². The lowest BCUT2D eigenvalue weighted by molar-refractivity contribution is -0.133. The molecule has 0 spiro atoms. The normalized spacial score (nSPS) is 10.6. The topological polar surface area (TPSA) is 88.5 Å². The number of aromatic nitrogens is 1. The van der Waals surface area contributed by atoms with Crippen molar-refractivity contribution in [1.29, 1.82) is 0 Å². The molecule has 1 amide bonds. The number of aryl methyl sites for hydroxylation is 1. The molecule has 1 heterocycles. The molecule has 0 aliphatic heterocycles. The predicted molar refractivity (Wildman–Crippen MR) is 95.8 cm³/mol. The van der Waals surface area contributed by atoms with Crippen molar-refractivity contribution >= 4 is 40.7 Å². The van der Waals surface area contributed by atoms with Crippen molar-refractivity contribution in [2.45, 2.75) is 19.3 Å². The number of rotatable bonds is 8. The molecule has 6 nitrogen and oxygen atoms in total. The van der Waals surface area contributed by atoms with Crippen molar-refractivity contribution in [2.75, 3.05) is 18.2 Å². The van der Waals surface area contributed by atoms with Crippen molar-refractivity contribution in [1.82, 2.24) is 4.98 Å². The van der Waals surface area contributed by atoms with Gasteiger partial charge in [-0.15, -0.1) is 23.1 Å². The minimum Gasteiger partial charge on any atom is -0.481 e. The van der Waals surface area contributed by atoms with E-state index < -0.39 is 5.97 Å². The number of nitrogens with zero attached hydrogens (tertiary/aromatic N) is 1. The van der Waals surface area contributed by atoms with E-state index >= 15 is 0 Å². The van der Waals surface area contributed by atoms with Gasteiger partial charge in [0, 0.05) is 18.6 Å². The fraction of sp³-hybridized carbons (Fsp3) is 0.312. The lowest BCUT2D eigenvalue weighted by Crippen LogP contribution is -2.11. The third-order valence-electron chi connectivity index (χ3n) is 2.99. The summed E-state index contributed by atoms with van der Waals surface area (Å²) >= 11 is 2.63. The molecule has 0 aliphatic rings. The number of thioether (sulfide) groups is 1. The second-order valence-electron chi connectivity index (χ2n) is 5.00. The van der Waals surface area contributed by atoms with Crippen LogP contribution in [0.4, 0.5) is 5.69 Å². The van der Waals surface area contributed by atoms with E-state index in [1.165, 1.54) is 23.1 Å². The molecule has 2 rings (SSSR count). The quantitative estimate of drug-likeness (QED) is 0.746. The summed E-state index contributed by atoms with van der Waals surface area (Å²) in [7, 11) is 1.59. The first-order valence-corrected chi connectivity index (χ1v) is 9.11. The predicted octanol–water partition coefficient (Wildman–Crippen LogP) is 3.17. The van der Waals surface area contributed by atoms with E-state index in [-0.39, 0.29) is 11.7 Å². The first kappa shape index (κ1) is 18.4. The Labute approximate surface area is 148 Å². The number of carbonyl (C=O) groups is 2. The molecule has 0 atom stereocenters. The SMILES string of the molecule is COCc1nc(C)c(C(=O)Nc2cccc(CSCC(=O)O)c2)s1. The van der Waals surface area contributed by atoms with E-state index in [0.29, 0.717) is 28.6 Å². The van der Waals surface area contributed by atoms with Gasteiger partial charge in [0.2, 0.25) is 0 Å². The van der Waals surface area contributed by atoms with Crippen molar-refractivity contribution in [2.24, 2.45) is 0 Å². The van der Waals surface area contributed by atoms with Crippen LogP contribution in [0.15, 0.2) is 24.3 Å². The fourth-order valence-electron chi connectivity index (χ4n) is 2.03. The van der Waals surface area contributed by atoms with Gasteiger partial charge < -0.3 is 15.2 Å². The van der Waals surface area contributed by atoms with E-state index in [4.69, 9.17) is 9.84 Å². The maximum Gasteiger partial charge on any atom is 0.313 e. The van der Waals surface area contributed by atoms with E-state index in [2.05, 4.69) is 10.3 Å². The van der Waals surface area contributed by atoms with Gasteiger partial charge in [0.05, 0.1) is 18.1 Å². The zero-order valence-electron chi connectivity index (χ0n) is 13.4. The average Bonchev–Trinajstić information content (AvgIpc) is 2.88. The van der Waals surface area contributed by atoms with Crippen LogP contribution in [0.3, 0.4) is 0 Å². The van der Waals surface area contributed by atoms with Crippen LogP contribution in [0.1, 0.15) is 25.9 Å². The highest BCUT2D eigenvalue weighted by atomic mass is 32.2. The lowest BCUT2D eigenvalue weighted by atomic mass is 10.2. The van der Waals surface area contributed by atoms with Crippen LogP contribution in [0.2, 0.25) is 0 Å². The summed E-state index contributed by atoms with van der Waals surface area (Å²) in [5, 5.41) is 12.3. The molecule has 128 valence electrons. The Balaban J connectivity index is 2.02. The van der Waals surface area contributed by atoms with Gasteiger partial charge >= 0.3 is 5.97 Å². The number of anilines is 1. The first-order chi connectivity index (χ1) is 11.5. The number of nitrogens with one attached hydrogen (secondary N) is 1. The van der Waals surface area contributed by atoms with Crippen LogP contribution in [-0.2, 0) is 21.9 Å². The molecule has 0 saturated heterocycles. The van der Waals surface area contributed by atoms with Crippen molar-refractivity contribution in [3.05, 3.63) is 45.4 Å². The number of carbonyl (C=O) groups excluding carboxylic acids is 1. The third-order valence-corrected chi connectivity index (χ3v) is 5.11. The number of methoxy groups -OCH3 is 1. The van der Waals surface area contributed by atoms with Crippen LogP contribution in [-0.4, -0.2) is 34.8 Å². The van der Waals surface area contributed by atoms with Crippen LogP contribution in [0, 0.1) is 6.92 Å². The highest BCUT2D eigenvalue weighted by Crippen LogP contribution is 2.22. The Morgan fingerprint density at radius 2 is 2.21 bits per heavy atom. The van der Waals surface area contributed by atoms with E-state index in [0.717, 1.165) is 10.6 Å². The first-order valence-electron chi connectivity index (χ1n) is 7.14. The number of benzene rings is 1. The van der Waals surface area contributed by atoms with Gasteiger partial charge in [-0.05, 0) is 24.6 Å². The Kier molecular flexibility index (Phi) is 6.77. The number of hydrogen-bond acceptors (Lipinski definition) is 6.